The van der Waals surface area contributed by atoms with E-state index in [1.165, 1.54) is 0 Å². The Morgan fingerprint density at radius 2 is 2.05 bits per heavy atom. The molecular weight excluding hydrogens is 260 g/mol. The Labute approximate surface area is 120 Å². The van der Waals surface area contributed by atoms with Crippen LogP contribution < -0.4 is 5.32 Å². The van der Waals surface area contributed by atoms with Crippen molar-refractivity contribution in [3.05, 3.63) is 0 Å². The maximum absolute atomic E-state index is 12.2. The first-order chi connectivity index (χ1) is 9.47. The summed E-state index contributed by atoms with van der Waals surface area (Å²) in [5.74, 6) is -0.861. The Morgan fingerprint density at radius 3 is 2.60 bits per heavy atom. The number of nitrogens with one attached hydrogen (secondary N) is 1. The van der Waals surface area contributed by atoms with Crippen molar-refractivity contribution in [1.29, 1.82) is 0 Å². The fraction of sp³-hybridized carbons (Fsp3) is 0.857. The summed E-state index contributed by atoms with van der Waals surface area (Å²) in [6.07, 6.45) is 1.49. The smallest absolute Gasteiger partial charge is 0.306 e. The SMILES string of the molecule is CCC(CC)NC(=O)C(C)N1CCOC(CC(=O)O)C1. The van der Waals surface area contributed by atoms with Crippen LogP contribution in [0.2, 0.25) is 0 Å². The number of carboxylic acid groups (broad SMARTS) is 1. The van der Waals surface area contributed by atoms with Gasteiger partial charge in [-0.15, -0.1) is 0 Å². The Morgan fingerprint density at radius 1 is 1.40 bits per heavy atom. The van der Waals surface area contributed by atoms with Crippen LogP contribution in [0.15, 0.2) is 0 Å². The molecule has 116 valence electrons. The third kappa shape index (κ3) is 5.09. The van der Waals surface area contributed by atoms with Crippen LogP contribution in [0.5, 0.6) is 0 Å². The molecule has 1 amide bonds. The number of rotatable bonds is 7. The van der Waals surface area contributed by atoms with Crippen molar-refractivity contribution in [3.63, 3.8) is 0 Å². The van der Waals surface area contributed by atoms with E-state index >= 15 is 0 Å². The Balaban J connectivity index is 2.50. The van der Waals surface area contributed by atoms with Crippen LogP contribution in [0.4, 0.5) is 0 Å². The van der Waals surface area contributed by atoms with Gasteiger partial charge in [-0.25, -0.2) is 0 Å². The second kappa shape index (κ2) is 8.21. The summed E-state index contributed by atoms with van der Waals surface area (Å²) in [5.41, 5.74) is 0. The van der Waals surface area contributed by atoms with Crippen molar-refractivity contribution in [2.75, 3.05) is 19.7 Å². The van der Waals surface area contributed by atoms with E-state index in [4.69, 9.17) is 9.84 Å². The van der Waals surface area contributed by atoms with Crippen LogP contribution in [0.1, 0.15) is 40.0 Å². The summed E-state index contributed by atoms with van der Waals surface area (Å²) < 4.78 is 5.42. The lowest BCUT2D eigenvalue weighted by Crippen LogP contribution is -2.53. The third-order valence-corrected chi connectivity index (χ3v) is 3.83. The van der Waals surface area contributed by atoms with E-state index in [9.17, 15) is 9.59 Å². The number of hydrogen-bond donors (Lipinski definition) is 2. The molecule has 2 unspecified atom stereocenters. The molecule has 0 spiro atoms. The summed E-state index contributed by atoms with van der Waals surface area (Å²) in [6.45, 7) is 7.59. The third-order valence-electron chi connectivity index (χ3n) is 3.83. The highest BCUT2D eigenvalue weighted by Crippen LogP contribution is 2.12. The van der Waals surface area contributed by atoms with Crippen LogP contribution >= 0.6 is 0 Å². The molecule has 0 aromatic rings. The van der Waals surface area contributed by atoms with Gasteiger partial charge >= 0.3 is 5.97 Å². The molecule has 1 heterocycles. The largest absolute Gasteiger partial charge is 0.481 e. The quantitative estimate of drug-likeness (QED) is 0.725. The predicted molar refractivity (Wildman–Crippen MR) is 75.5 cm³/mol. The topological polar surface area (TPSA) is 78.9 Å². The highest BCUT2D eigenvalue weighted by atomic mass is 16.5. The molecule has 20 heavy (non-hydrogen) atoms. The first-order valence-electron chi connectivity index (χ1n) is 7.35. The molecule has 6 nitrogen and oxygen atoms in total. The summed E-state index contributed by atoms with van der Waals surface area (Å²) in [7, 11) is 0. The van der Waals surface area contributed by atoms with E-state index in [1.54, 1.807) is 0 Å². The molecule has 1 aliphatic heterocycles. The number of carbonyl (C=O) groups is 2. The molecule has 0 aromatic carbocycles. The fourth-order valence-corrected chi connectivity index (χ4v) is 2.39. The minimum atomic E-state index is -0.869. The van der Waals surface area contributed by atoms with Gasteiger partial charge in [0.25, 0.3) is 0 Å². The van der Waals surface area contributed by atoms with Gasteiger partial charge in [-0.1, -0.05) is 13.8 Å². The minimum Gasteiger partial charge on any atom is -0.481 e. The summed E-state index contributed by atoms with van der Waals surface area (Å²) in [5, 5.41) is 11.8. The molecule has 0 bridgehead atoms. The molecule has 1 fully saturated rings. The molecule has 1 aliphatic rings. The molecular formula is C14H26N2O4. The van der Waals surface area contributed by atoms with Gasteiger partial charge in [0.1, 0.15) is 0 Å². The second-order valence-corrected chi connectivity index (χ2v) is 5.28. The lowest BCUT2D eigenvalue weighted by molar-refractivity contribution is -0.143. The monoisotopic (exact) mass is 286 g/mol. The van der Waals surface area contributed by atoms with Gasteiger partial charge in [-0.05, 0) is 19.8 Å². The van der Waals surface area contributed by atoms with Crippen LogP contribution in [0.25, 0.3) is 0 Å². The molecule has 6 heteroatoms. The molecule has 1 saturated heterocycles. The van der Waals surface area contributed by atoms with Crippen LogP contribution in [0.3, 0.4) is 0 Å². The molecule has 2 atom stereocenters. The van der Waals surface area contributed by atoms with Gasteiger partial charge in [-0.3, -0.25) is 14.5 Å². The van der Waals surface area contributed by atoms with E-state index in [-0.39, 0.29) is 30.5 Å². The maximum Gasteiger partial charge on any atom is 0.306 e. The number of nitrogens with zero attached hydrogens (tertiary/aromatic N) is 1. The van der Waals surface area contributed by atoms with E-state index in [2.05, 4.69) is 19.2 Å². The van der Waals surface area contributed by atoms with Gasteiger partial charge in [0.2, 0.25) is 5.91 Å². The standard InChI is InChI=1S/C14H26N2O4/c1-4-11(5-2)15-14(19)10(3)16-6-7-20-12(9-16)8-13(17)18/h10-12H,4-9H2,1-3H3,(H,15,19)(H,17,18). The zero-order valence-electron chi connectivity index (χ0n) is 12.6. The van der Waals surface area contributed by atoms with E-state index in [0.29, 0.717) is 19.7 Å². The van der Waals surface area contributed by atoms with Crippen LogP contribution in [-0.2, 0) is 14.3 Å². The molecule has 0 radical (unpaired) electrons. The lowest BCUT2D eigenvalue weighted by Gasteiger charge is -2.36. The highest BCUT2D eigenvalue weighted by molar-refractivity contribution is 5.81. The lowest BCUT2D eigenvalue weighted by atomic mass is 10.1. The normalized spacial score (nSPS) is 21.7. The van der Waals surface area contributed by atoms with Gasteiger partial charge in [0.05, 0.1) is 25.2 Å². The Bertz CT molecular complexity index is 331. The van der Waals surface area contributed by atoms with Crippen LogP contribution in [-0.4, -0.2) is 59.8 Å². The van der Waals surface area contributed by atoms with Gasteiger partial charge in [0.15, 0.2) is 0 Å². The number of hydrogen-bond acceptors (Lipinski definition) is 4. The first kappa shape index (κ1) is 16.9. The number of carbonyl (C=O) groups excluding carboxylic acids is 1. The van der Waals surface area contributed by atoms with Crippen molar-refractivity contribution in [2.45, 2.75) is 58.2 Å². The molecule has 0 saturated carbocycles. The van der Waals surface area contributed by atoms with Crippen molar-refractivity contribution < 1.29 is 19.4 Å². The Kier molecular flexibility index (Phi) is 6.95. The molecule has 1 rings (SSSR count). The number of ether oxygens (including phenoxy) is 1. The number of morpholine rings is 1. The van der Waals surface area contributed by atoms with Crippen molar-refractivity contribution >= 4 is 11.9 Å². The molecule has 0 aliphatic carbocycles. The van der Waals surface area contributed by atoms with Gasteiger partial charge < -0.3 is 15.2 Å². The van der Waals surface area contributed by atoms with Crippen molar-refractivity contribution in [1.82, 2.24) is 10.2 Å². The average Bonchev–Trinajstić information content (AvgIpc) is 2.43. The van der Waals surface area contributed by atoms with Crippen molar-refractivity contribution in [2.24, 2.45) is 0 Å². The van der Waals surface area contributed by atoms with Crippen molar-refractivity contribution in [3.8, 4) is 0 Å². The summed E-state index contributed by atoms with van der Waals surface area (Å²) in [4.78, 5) is 24.9. The van der Waals surface area contributed by atoms with E-state index in [1.807, 2.05) is 11.8 Å². The zero-order valence-corrected chi connectivity index (χ0v) is 12.6. The summed E-state index contributed by atoms with van der Waals surface area (Å²) >= 11 is 0. The first-order valence-corrected chi connectivity index (χ1v) is 7.35. The van der Waals surface area contributed by atoms with E-state index in [0.717, 1.165) is 12.8 Å². The fourth-order valence-electron chi connectivity index (χ4n) is 2.39. The van der Waals surface area contributed by atoms with E-state index < -0.39 is 5.97 Å². The highest BCUT2D eigenvalue weighted by Gasteiger charge is 2.29. The number of carboxylic acids is 1. The molecule has 0 aromatic heterocycles. The van der Waals surface area contributed by atoms with Gasteiger partial charge in [-0.2, -0.15) is 0 Å². The maximum atomic E-state index is 12.2. The minimum absolute atomic E-state index is 0.00896. The Hall–Kier alpha value is -1.14. The number of aliphatic carboxylic acids is 1. The van der Waals surface area contributed by atoms with Crippen LogP contribution in [0, 0.1) is 0 Å². The van der Waals surface area contributed by atoms with Gasteiger partial charge in [0, 0.05) is 19.1 Å². The zero-order chi connectivity index (χ0) is 15.1. The molecule has 2 N–H and O–H groups in total. The summed E-state index contributed by atoms with van der Waals surface area (Å²) in [6, 6.07) is -0.0448. The number of amides is 1. The average molecular weight is 286 g/mol. The predicted octanol–water partition coefficient (Wildman–Crippen LogP) is 0.855. The second-order valence-electron chi connectivity index (χ2n) is 5.28.